The lowest BCUT2D eigenvalue weighted by molar-refractivity contribution is -0.142. The second kappa shape index (κ2) is 8.88. The first-order chi connectivity index (χ1) is 18.5. The smallest absolute Gasteiger partial charge is 0.408 e. The fourth-order valence-corrected chi connectivity index (χ4v) is 6.95. The van der Waals surface area contributed by atoms with Crippen molar-refractivity contribution in [2.75, 3.05) is 17.3 Å². The second-order valence-corrected chi connectivity index (χ2v) is 12.6. The summed E-state index contributed by atoms with van der Waals surface area (Å²) in [6, 6.07) is 7.42. The number of nitrogens with one attached hydrogen (secondary N) is 1. The van der Waals surface area contributed by atoms with Crippen molar-refractivity contribution in [3.05, 3.63) is 41.4 Å². The average molecular weight is 534 g/mol. The van der Waals surface area contributed by atoms with Crippen molar-refractivity contribution in [2.45, 2.75) is 88.8 Å². The van der Waals surface area contributed by atoms with E-state index in [9.17, 15) is 19.5 Å². The largest absolute Gasteiger partial charge is 0.465 e. The maximum atomic E-state index is 13.2. The maximum absolute atomic E-state index is 13.2. The van der Waals surface area contributed by atoms with Crippen LogP contribution in [0.15, 0.2) is 30.1 Å². The van der Waals surface area contributed by atoms with Crippen LogP contribution >= 0.6 is 0 Å². The van der Waals surface area contributed by atoms with Gasteiger partial charge >= 0.3 is 6.09 Å². The quantitative estimate of drug-likeness (QED) is 0.526. The van der Waals surface area contributed by atoms with Gasteiger partial charge in [-0.05, 0) is 71.3 Å². The molecule has 4 saturated carbocycles. The predicted molar refractivity (Wildman–Crippen MR) is 145 cm³/mol. The summed E-state index contributed by atoms with van der Waals surface area (Å²) >= 11 is 0. The van der Waals surface area contributed by atoms with Gasteiger partial charge in [0.2, 0.25) is 5.91 Å². The summed E-state index contributed by atoms with van der Waals surface area (Å²) in [4.78, 5) is 40.0. The molecule has 0 spiro atoms. The number of carbonyl (C=O) groups is 2. The standard InChI is InChI=1S/C29H35N5O5/c1-28(2,3)34-23(30-24(36)11-19-6-5-7-22-26(19)39-25(16-35)32(22)4)12-21(31-34)18-8-9-20(10-18)33(27(37)38)29-13-17(14-29)15-29/h5-7,12,17-18,20H,8-11,13-15H2,1-4H3,(H,30,36)(H,37,38)/t17?,18-,20+,29?/m0/s1. The molecule has 10 heteroatoms. The number of rotatable bonds is 6. The van der Waals surface area contributed by atoms with Crippen LogP contribution in [0.25, 0.3) is 0 Å². The Morgan fingerprint density at radius 3 is 2.62 bits per heavy atom. The molecule has 2 bridgehead atoms. The lowest BCUT2D eigenvalue weighted by Crippen LogP contribution is -2.71. The highest BCUT2D eigenvalue weighted by molar-refractivity contribution is 5.92. The summed E-state index contributed by atoms with van der Waals surface area (Å²) in [5, 5.41) is 18.0. The fourth-order valence-electron chi connectivity index (χ4n) is 6.95. The Labute approximate surface area is 227 Å². The van der Waals surface area contributed by atoms with Gasteiger partial charge in [-0.2, -0.15) is 5.10 Å². The Balaban J connectivity index is 1.19. The van der Waals surface area contributed by atoms with Gasteiger partial charge in [-0.15, -0.1) is 0 Å². The Kier molecular flexibility index (Phi) is 5.80. The molecule has 206 valence electrons. The lowest BCUT2D eigenvalue weighted by Gasteiger charge is -2.66. The molecule has 39 heavy (non-hydrogen) atoms. The molecule has 1 aromatic carbocycles. The van der Waals surface area contributed by atoms with Gasteiger partial charge in [0, 0.05) is 36.2 Å². The minimum atomic E-state index is -0.801. The minimum Gasteiger partial charge on any atom is -0.465 e. The van der Waals surface area contributed by atoms with Crippen LogP contribution in [0, 0.1) is 5.92 Å². The van der Waals surface area contributed by atoms with E-state index in [2.05, 4.69) is 5.32 Å². The SMILES string of the molecule is CN1C(=C=O)Oc2c(CC(=O)Nc3cc([C@H]4CC[C@@H](N(C(=O)O)C56CC(C5)C6)C4)nn3C(C)(C)C)cccc21. The van der Waals surface area contributed by atoms with Crippen molar-refractivity contribution in [1.29, 1.82) is 0 Å². The normalized spacial score (nSPS) is 26.7. The minimum absolute atomic E-state index is 0.00944. The van der Waals surface area contributed by atoms with Crippen molar-refractivity contribution < 1.29 is 24.2 Å². The molecule has 2 N–H and O–H groups in total. The van der Waals surface area contributed by atoms with E-state index in [4.69, 9.17) is 9.84 Å². The zero-order valence-corrected chi connectivity index (χ0v) is 22.9. The molecule has 7 rings (SSSR count). The number of ether oxygens (including phenoxy) is 1. The van der Waals surface area contributed by atoms with E-state index in [1.807, 2.05) is 49.7 Å². The summed E-state index contributed by atoms with van der Waals surface area (Å²) in [6.07, 6.45) is 4.74. The Bertz CT molecular complexity index is 1380. The molecule has 2 amide bonds. The van der Waals surface area contributed by atoms with Crippen LogP contribution in [-0.2, 0) is 21.5 Å². The molecule has 4 aliphatic carbocycles. The predicted octanol–water partition coefficient (Wildman–Crippen LogP) is 4.49. The molecule has 5 aliphatic rings. The first-order valence-electron chi connectivity index (χ1n) is 13.7. The number of fused-ring (bicyclic) bond motifs is 1. The first-order valence-corrected chi connectivity index (χ1v) is 13.7. The van der Waals surface area contributed by atoms with Gasteiger partial charge in [-0.25, -0.2) is 14.3 Å². The Morgan fingerprint density at radius 2 is 2.00 bits per heavy atom. The zero-order chi connectivity index (χ0) is 27.7. The molecule has 2 atom stereocenters. The van der Waals surface area contributed by atoms with Crippen LogP contribution < -0.4 is 15.0 Å². The van der Waals surface area contributed by atoms with E-state index in [-0.39, 0.29) is 41.2 Å². The van der Waals surface area contributed by atoms with Gasteiger partial charge in [0.25, 0.3) is 5.88 Å². The number of aromatic nitrogens is 2. The van der Waals surface area contributed by atoms with Gasteiger partial charge in [-0.3, -0.25) is 9.69 Å². The average Bonchev–Trinajstić information content (AvgIpc) is 3.52. The molecule has 0 saturated heterocycles. The van der Waals surface area contributed by atoms with Gasteiger partial charge in [0.1, 0.15) is 5.82 Å². The van der Waals surface area contributed by atoms with Gasteiger partial charge in [0.15, 0.2) is 11.7 Å². The van der Waals surface area contributed by atoms with Gasteiger partial charge in [-0.1, -0.05) is 12.1 Å². The third kappa shape index (κ3) is 4.18. The number of para-hydroxylation sites is 1. The summed E-state index contributed by atoms with van der Waals surface area (Å²) in [7, 11) is 1.72. The Morgan fingerprint density at radius 1 is 1.26 bits per heavy atom. The van der Waals surface area contributed by atoms with Crippen LogP contribution in [0.1, 0.15) is 76.5 Å². The molecule has 1 aliphatic heterocycles. The van der Waals surface area contributed by atoms with Crippen LogP contribution in [0.5, 0.6) is 5.75 Å². The fraction of sp³-hybridized carbons (Fsp3) is 0.552. The first kappa shape index (κ1) is 25.5. The topological polar surface area (TPSA) is 117 Å². The van der Waals surface area contributed by atoms with Crippen LogP contribution in [0.3, 0.4) is 0 Å². The molecule has 1 aromatic heterocycles. The number of carboxylic acid groups (broad SMARTS) is 1. The van der Waals surface area contributed by atoms with E-state index in [0.717, 1.165) is 44.2 Å². The highest BCUT2D eigenvalue weighted by Crippen LogP contribution is 2.62. The van der Waals surface area contributed by atoms with Crippen molar-refractivity contribution >= 4 is 29.4 Å². The van der Waals surface area contributed by atoms with E-state index in [0.29, 0.717) is 28.7 Å². The molecule has 10 nitrogen and oxygen atoms in total. The summed E-state index contributed by atoms with van der Waals surface area (Å²) < 4.78 is 7.50. The highest BCUT2D eigenvalue weighted by atomic mass is 16.5. The molecule has 0 radical (unpaired) electrons. The highest BCUT2D eigenvalue weighted by Gasteiger charge is 2.63. The number of hydrogen-bond donors (Lipinski definition) is 2. The number of hydrogen-bond acceptors (Lipinski definition) is 6. The summed E-state index contributed by atoms with van der Waals surface area (Å²) in [5.74, 6) is 3.59. The molecule has 2 aromatic rings. The lowest BCUT2D eigenvalue weighted by atomic mass is 9.49. The van der Waals surface area contributed by atoms with E-state index >= 15 is 0 Å². The third-order valence-corrected chi connectivity index (χ3v) is 8.92. The second-order valence-electron chi connectivity index (χ2n) is 12.6. The molecular formula is C29H35N5O5. The van der Waals surface area contributed by atoms with Crippen molar-refractivity contribution in [3.63, 3.8) is 0 Å². The number of amides is 2. The van der Waals surface area contributed by atoms with Crippen molar-refractivity contribution in [2.24, 2.45) is 5.92 Å². The van der Waals surface area contributed by atoms with Crippen LogP contribution in [-0.4, -0.2) is 56.4 Å². The van der Waals surface area contributed by atoms with E-state index in [1.165, 1.54) is 0 Å². The zero-order valence-electron chi connectivity index (χ0n) is 22.9. The molecule has 4 fully saturated rings. The molecule has 0 unspecified atom stereocenters. The van der Waals surface area contributed by atoms with Crippen molar-refractivity contribution in [3.8, 4) is 5.75 Å². The summed E-state index contributed by atoms with van der Waals surface area (Å²) in [6.45, 7) is 6.10. The van der Waals surface area contributed by atoms with Crippen molar-refractivity contribution in [1.82, 2.24) is 14.7 Å². The molecular weight excluding hydrogens is 498 g/mol. The number of benzene rings is 1. The number of anilines is 2. The number of carbonyl (C=O) groups excluding carboxylic acids is 2. The third-order valence-electron chi connectivity index (χ3n) is 8.92. The molecule has 2 heterocycles. The van der Waals surface area contributed by atoms with Crippen LogP contribution in [0.4, 0.5) is 16.3 Å². The summed E-state index contributed by atoms with van der Waals surface area (Å²) in [5.41, 5.74) is 1.77. The van der Waals surface area contributed by atoms with E-state index < -0.39 is 6.09 Å². The maximum Gasteiger partial charge on any atom is 0.408 e. The van der Waals surface area contributed by atoms with E-state index in [1.54, 1.807) is 22.8 Å². The van der Waals surface area contributed by atoms with Crippen LogP contribution in [0.2, 0.25) is 0 Å². The van der Waals surface area contributed by atoms with Gasteiger partial charge < -0.3 is 20.1 Å². The van der Waals surface area contributed by atoms with Gasteiger partial charge in [0.05, 0.1) is 23.3 Å². The Hall–Kier alpha value is -3.78. The monoisotopic (exact) mass is 533 g/mol. The number of nitrogens with zero attached hydrogens (tertiary/aromatic N) is 4.